The molecule has 1 N–H and O–H groups in total. The lowest BCUT2D eigenvalue weighted by molar-refractivity contribution is -0.0335. The largest absolute Gasteiger partial charge is 0.383 e. The minimum Gasteiger partial charge on any atom is -0.383 e. The lowest BCUT2D eigenvalue weighted by Gasteiger charge is -2.19. The van der Waals surface area contributed by atoms with Crippen LogP contribution in [0.25, 0.3) is 0 Å². The second-order valence-corrected chi connectivity index (χ2v) is 5.01. The van der Waals surface area contributed by atoms with E-state index >= 15 is 0 Å². The topological polar surface area (TPSA) is 30.5 Å². The van der Waals surface area contributed by atoms with E-state index in [0.717, 1.165) is 5.69 Å². The number of halogens is 1. The monoisotopic (exact) mass is 255 g/mol. The standard InChI is InChI=1S/C14H22FNO2/c1-14(2,3)18-11-10-17-9-8-16-13-6-4-12(15)5-7-13/h4-7,16H,8-11H2,1-3H3. The Kier molecular flexibility index (Phi) is 6.09. The van der Waals surface area contributed by atoms with E-state index in [-0.39, 0.29) is 11.4 Å². The van der Waals surface area contributed by atoms with Gasteiger partial charge < -0.3 is 14.8 Å². The lowest BCUT2D eigenvalue weighted by Crippen LogP contribution is -2.22. The average Bonchev–Trinajstić information content (AvgIpc) is 2.29. The molecule has 1 aromatic rings. The first-order chi connectivity index (χ1) is 8.47. The number of benzene rings is 1. The van der Waals surface area contributed by atoms with Gasteiger partial charge in [0, 0.05) is 12.2 Å². The highest BCUT2D eigenvalue weighted by atomic mass is 19.1. The maximum Gasteiger partial charge on any atom is 0.123 e. The molecule has 0 aliphatic rings. The molecule has 0 unspecified atom stereocenters. The van der Waals surface area contributed by atoms with Crippen molar-refractivity contribution in [1.29, 1.82) is 0 Å². The number of anilines is 1. The van der Waals surface area contributed by atoms with Crippen molar-refractivity contribution in [2.45, 2.75) is 26.4 Å². The van der Waals surface area contributed by atoms with Crippen LogP contribution in [0.15, 0.2) is 24.3 Å². The summed E-state index contributed by atoms with van der Waals surface area (Å²) < 4.78 is 23.6. The van der Waals surface area contributed by atoms with Crippen molar-refractivity contribution in [3.8, 4) is 0 Å². The van der Waals surface area contributed by atoms with Crippen molar-refractivity contribution < 1.29 is 13.9 Å². The first-order valence-corrected chi connectivity index (χ1v) is 6.18. The van der Waals surface area contributed by atoms with Gasteiger partial charge in [0.2, 0.25) is 0 Å². The summed E-state index contributed by atoms with van der Waals surface area (Å²) in [5.41, 5.74) is 0.779. The van der Waals surface area contributed by atoms with E-state index in [1.54, 1.807) is 12.1 Å². The number of rotatable bonds is 7. The predicted molar refractivity (Wildman–Crippen MR) is 71.4 cm³/mol. The minimum absolute atomic E-state index is 0.115. The summed E-state index contributed by atoms with van der Waals surface area (Å²) in [6.07, 6.45) is 0. The van der Waals surface area contributed by atoms with Crippen LogP contribution in [-0.2, 0) is 9.47 Å². The molecule has 0 amide bonds. The molecule has 0 aliphatic heterocycles. The van der Waals surface area contributed by atoms with E-state index in [1.165, 1.54) is 12.1 Å². The molecule has 0 heterocycles. The Hall–Kier alpha value is -1.13. The van der Waals surface area contributed by atoms with Crippen LogP contribution in [0.3, 0.4) is 0 Å². The third-order valence-electron chi connectivity index (χ3n) is 2.18. The van der Waals surface area contributed by atoms with Crippen molar-refractivity contribution in [2.75, 3.05) is 31.7 Å². The number of hydrogen-bond donors (Lipinski definition) is 1. The van der Waals surface area contributed by atoms with Gasteiger partial charge in [0.15, 0.2) is 0 Å². The number of ether oxygens (including phenoxy) is 2. The quantitative estimate of drug-likeness (QED) is 0.760. The van der Waals surface area contributed by atoms with Crippen molar-refractivity contribution in [1.82, 2.24) is 0 Å². The molecule has 0 aliphatic carbocycles. The first kappa shape index (κ1) is 14.9. The summed E-state index contributed by atoms with van der Waals surface area (Å²) in [7, 11) is 0. The third kappa shape index (κ3) is 7.25. The zero-order valence-electron chi connectivity index (χ0n) is 11.3. The zero-order chi connectivity index (χ0) is 13.4. The third-order valence-corrected chi connectivity index (χ3v) is 2.18. The fourth-order valence-electron chi connectivity index (χ4n) is 1.34. The Morgan fingerprint density at radius 2 is 1.72 bits per heavy atom. The fourth-order valence-corrected chi connectivity index (χ4v) is 1.34. The molecule has 18 heavy (non-hydrogen) atoms. The predicted octanol–water partition coefficient (Wildman–Crippen LogP) is 3.07. The summed E-state index contributed by atoms with van der Waals surface area (Å²) >= 11 is 0. The molecular formula is C14H22FNO2. The molecule has 102 valence electrons. The zero-order valence-corrected chi connectivity index (χ0v) is 11.3. The molecule has 0 radical (unpaired) electrons. The van der Waals surface area contributed by atoms with Gasteiger partial charge in [-0.1, -0.05) is 0 Å². The molecule has 4 heteroatoms. The first-order valence-electron chi connectivity index (χ1n) is 6.18. The molecule has 0 aromatic heterocycles. The Morgan fingerprint density at radius 1 is 1.06 bits per heavy atom. The van der Waals surface area contributed by atoms with Gasteiger partial charge >= 0.3 is 0 Å². The normalized spacial score (nSPS) is 11.6. The van der Waals surface area contributed by atoms with E-state index in [0.29, 0.717) is 26.4 Å². The average molecular weight is 255 g/mol. The van der Waals surface area contributed by atoms with E-state index in [4.69, 9.17) is 9.47 Å². The second kappa shape index (κ2) is 7.34. The molecule has 1 aromatic carbocycles. The summed E-state index contributed by atoms with van der Waals surface area (Å²) in [6.45, 7) is 8.53. The van der Waals surface area contributed by atoms with Crippen molar-refractivity contribution in [3.63, 3.8) is 0 Å². The summed E-state index contributed by atoms with van der Waals surface area (Å²) in [5.74, 6) is -0.226. The van der Waals surface area contributed by atoms with E-state index in [1.807, 2.05) is 20.8 Å². The van der Waals surface area contributed by atoms with Crippen LogP contribution in [-0.4, -0.2) is 32.0 Å². The highest BCUT2D eigenvalue weighted by Crippen LogP contribution is 2.07. The molecular weight excluding hydrogens is 233 g/mol. The van der Waals surface area contributed by atoms with Crippen LogP contribution in [0.5, 0.6) is 0 Å². The molecule has 3 nitrogen and oxygen atoms in total. The Morgan fingerprint density at radius 3 is 2.33 bits per heavy atom. The van der Waals surface area contributed by atoms with Gasteiger partial charge in [-0.05, 0) is 45.0 Å². The Bertz CT molecular complexity index is 333. The van der Waals surface area contributed by atoms with Gasteiger partial charge in [-0.25, -0.2) is 4.39 Å². The highest BCUT2D eigenvalue weighted by Gasteiger charge is 2.08. The van der Waals surface area contributed by atoms with E-state index in [2.05, 4.69) is 5.32 Å². The van der Waals surface area contributed by atoms with Crippen molar-refractivity contribution >= 4 is 5.69 Å². The van der Waals surface area contributed by atoms with Crippen molar-refractivity contribution in [2.24, 2.45) is 0 Å². The van der Waals surface area contributed by atoms with Gasteiger partial charge in [0.1, 0.15) is 5.82 Å². The van der Waals surface area contributed by atoms with Crippen LogP contribution in [0, 0.1) is 5.82 Å². The van der Waals surface area contributed by atoms with Crippen LogP contribution in [0.2, 0.25) is 0 Å². The Labute approximate surface area is 108 Å². The molecule has 0 fully saturated rings. The smallest absolute Gasteiger partial charge is 0.123 e. The Balaban J connectivity index is 2.00. The van der Waals surface area contributed by atoms with Gasteiger partial charge in [-0.2, -0.15) is 0 Å². The van der Waals surface area contributed by atoms with Gasteiger partial charge in [0.05, 0.1) is 25.4 Å². The van der Waals surface area contributed by atoms with Crippen LogP contribution in [0.4, 0.5) is 10.1 Å². The van der Waals surface area contributed by atoms with Crippen LogP contribution in [0.1, 0.15) is 20.8 Å². The summed E-state index contributed by atoms with van der Waals surface area (Å²) in [5, 5.41) is 3.15. The van der Waals surface area contributed by atoms with Crippen LogP contribution >= 0.6 is 0 Å². The number of hydrogen-bond acceptors (Lipinski definition) is 3. The molecule has 0 bridgehead atoms. The molecule has 1 rings (SSSR count). The SMILES string of the molecule is CC(C)(C)OCCOCCNc1ccc(F)cc1. The van der Waals surface area contributed by atoms with Crippen LogP contribution < -0.4 is 5.32 Å². The molecule has 0 atom stereocenters. The van der Waals surface area contributed by atoms with E-state index in [9.17, 15) is 4.39 Å². The summed E-state index contributed by atoms with van der Waals surface area (Å²) in [4.78, 5) is 0. The molecule has 0 saturated heterocycles. The maximum atomic E-state index is 12.6. The minimum atomic E-state index is -0.226. The second-order valence-electron chi connectivity index (χ2n) is 5.01. The molecule has 0 spiro atoms. The van der Waals surface area contributed by atoms with E-state index < -0.39 is 0 Å². The van der Waals surface area contributed by atoms with Gasteiger partial charge in [-0.3, -0.25) is 0 Å². The maximum absolute atomic E-state index is 12.6. The van der Waals surface area contributed by atoms with Gasteiger partial charge in [-0.15, -0.1) is 0 Å². The fraction of sp³-hybridized carbons (Fsp3) is 0.571. The summed E-state index contributed by atoms with van der Waals surface area (Å²) in [6, 6.07) is 6.27. The number of nitrogens with one attached hydrogen (secondary N) is 1. The lowest BCUT2D eigenvalue weighted by atomic mass is 10.2. The highest BCUT2D eigenvalue weighted by molar-refractivity contribution is 5.42. The van der Waals surface area contributed by atoms with Crippen molar-refractivity contribution in [3.05, 3.63) is 30.1 Å². The van der Waals surface area contributed by atoms with Gasteiger partial charge in [0.25, 0.3) is 0 Å². The molecule has 0 saturated carbocycles.